The van der Waals surface area contributed by atoms with E-state index in [2.05, 4.69) is 16.0 Å². The van der Waals surface area contributed by atoms with Gasteiger partial charge < -0.3 is 25.8 Å². The zero-order valence-corrected chi connectivity index (χ0v) is 17.3. The molecule has 8 nitrogen and oxygen atoms in total. The van der Waals surface area contributed by atoms with E-state index in [0.29, 0.717) is 31.4 Å². The number of amides is 3. The molecule has 4 N–H and O–H groups in total. The number of carbonyl (C=O) groups excluding carboxylic acids is 3. The van der Waals surface area contributed by atoms with Crippen LogP contribution in [-0.2, 0) is 20.9 Å². The van der Waals surface area contributed by atoms with Crippen LogP contribution in [0, 0.1) is 17.7 Å². The van der Waals surface area contributed by atoms with E-state index in [1.54, 1.807) is 0 Å². The minimum atomic E-state index is -0.850. The number of benzene rings is 1. The molecule has 1 fully saturated rings. The number of hydrogen-bond acceptors (Lipinski definition) is 5. The molecule has 1 saturated heterocycles. The van der Waals surface area contributed by atoms with Crippen molar-refractivity contribution in [1.82, 2.24) is 16.0 Å². The number of nitrogens with one attached hydrogen (secondary N) is 3. The second-order valence-electron chi connectivity index (χ2n) is 7.93. The van der Waals surface area contributed by atoms with Crippen molar-refractivity contribution in [2.24, 2.45) is 11.8 Å². The van der Waals surface area contributed by atoms with Gasteiger partial charge in [-0.05, 0) is 42.9 Å². The molecule has 0 bridgehead atoms. The molecule has 0 aromatic heterocycles. The van der Waals surface area contributed by atoms with Gasteiger partial charge in [-0.25, -0.2) is 9.18 Å². The van der Waals surface area contributed by atoms with Gasteiger partial charge in [0.05, 0.1) is 12.6 Å². The molecule has 0 aliphatic carbocycles. The number of rotatable bonds is 10. The topological polar surface area (TPSA) is 117 Å². The Morgan fingerprint density at radius 3 is 2.53 bits per heavy atom. The smallest absolute Gasteiger partial charge is 0.408 e. The number of alkyl carbamates (subject to hydrolysis) is 1. The summed E-state index contributed by atoms with van der Waals surface area (Å²) in [7, 11) is 0. The van der Waals surface area contributed by atoms with Gasteiger partial charge in [0.25, 0.3) is 0 Å². The number of aliphatic hydroxyl groups is 1. The summed E-state index contributed by atoms with van der Waals surface area (Å²) in [6.07, 6.45) is 0.599. The van der Waals surface area contributed by atoms with E-state index in [1.165, 1.54) is 24.3 Å². The molecular weight excluding hydrogens is 393 g/mol. The highest BCUT2D eigenvalue weighted by Crippen LogP contribution is 2.16. The molecule has 166 valence electrons. The van der Waals surface area contributed by atoms with Crippen LogP contribution in [0.3, 0.4) is 0 Å². The fraction of sp³-hybridized carbons (Fsp3) is 0.571. The molecule has 9 heteroatoms. The Bertz CT molecular complexity index is 726. The van der Waals surface area contributed by atoms with E-state index in [4.69, 9.17) is 4.74 Å². The van der Waals surface area contributed by atoms with Crippen molar-refractivity contribution in [3.8, 4) is 0 Å². The Kier molecular flexibility index (Phi) is 9.04. The van der Waals surface area contributed by atoms with Crippen LogP contribution in [0.4, 0.5) is 9.18 Å². The van der Waals surface area contributed by atoms with Gasteiger partial charge >= 0.3 is 6.09 Å². The van der Waals surface area contributed by atoms with Crippen LogP contribution in [0.1, 0.15) is 38.7 Å². The Hall–Kier alpha value is -2.68. The molecule has 1 aromatic rings. The number of halogens is 1. The molecule has 0 saturated carbocycles. The molecule has 0 unspecified atom stereocenters. The molecule has 3 atom stereocenters. The van der Waals surface area contributed by atoms with Crippen LogP contribution in [0.2, 0.25) is 0 Å². The molecular formula is C21H30FN3O5. The third kappa shape index (κ3) is 7.62. The largest absolute Gasteiger partial charge is 0.445 e. The quantitative estimate of drug-likeness (QED) is 0.455. The number of aliphatic hydroxyl groups excluding tert-OH is 1. The van der Waals surface area contributed by atoms with Crippen LogP contribution in [-0.4, -0.2) is 48.2 Å². The zero-order chi connectivity index (χ0) is 22.1. The average Bonchev–Trinajstić information content (AvgIpc) is 3.10. The lowest BCUT2D eigenvalue weighted by Crippen LogP contribution is -2.51. The lowest BCUT2D eigenvalue weighted by molar-refractivity contribution is -0.126. The first-order chi connectivity index (χ1) is 14.3. The standard InChI is InChI=1S/C21H30FN3O5/c1-13(2)9-18(25-21(29)30-12-14-3-5-16(22)6-4-14)20(28)24-17(11-26)10-15-7-8-23-19(15)27/h3-6,13,15,17-18,26H,7-12H2,1-2H3,(H,23,27)(H,24,28)(H,25,29)/t15-,17-,18-/m0/s1. The third-order valence-electron chi connectivity index (χ3n) is 4.90. The Balaban J connectivity index is 1.90. The molecule has 30 heavy (non-hydrogen) atoms. The summed E-state index contributed by atoms with van der Waals surface area (Å²) in [5.41, 5.74) is 0.617. The molecule has 3 amide bonds. The summed E-state index contributed by atoms with van der Waals surface area (Å²) >= 11 is 0. The summed E-state index contributed by atoms with van der Waals surface area (Å²) in [5, 5.41) is 17.6. The van der Waals surface area contributed by atoms with Crippen molar-refractivity contribution in [1.29, 1.82) is 0 Å². The van der Waals surface area contributed by atoms with Crippen molar-refractivity contribution >= 4 is 17.9 Å². The van der Waals surface area contributed by atoms with Gasteiger partial charge in [0.1, 0.15) is 18.5 Å². The molecule has 1 aliphatic heterocycles. The van der Waals surface area contributed by atoms with E-state index in [1.807, 2.05) is 13.8 Å². The second-order valence-corrected chi connectivity index (χ2v) is 7.93. The van der Waals surface area contributed by atoms with Crippen LogP contribution in [0.15, 0.2) is 24.3 Å². The first kappa shape index (κ1) is 23.6. The normalized spacial score (nSPS) is 17.9. The monoisotopic (exact) mass is 423 g/mol. The van der Waals surface area contributed by atoms with Gasteiger partial charge in [-0.3, -0.25) is 9.59 Å². The lowest BCUT2D eigenvalue weighted by atomic mass is 9.97. The Morgan fingerprint density at radius 1 is 1.27 bits per heavy atom. The first-order valence-corrected chi connectivity index (χ1v) is 10.1. The fourth-order valence-electron chi connectivity index (χ4n) is 3.31. The summed E-state index contributed by atoms with van der Waals surface area (Å²) in [4.78, 5) is 36.6. The Labute approximate surface area is 175 Å². The number of ether oxygens (including phenoxy) is 1. The van der Waals surface area contributed by atoms with E-state index < -0.39 is 24.1 Å². The van der Waals surface area contributed by atoms with Gasteiger partial charge in [-0.1, -0.05) is 26.0 Å². The third-order valence-corrected chi connectivity index (χ3v) is 4.90. The molecule has 0 spiro atoms. The van der Waals surface area contributed by atoms with Crippen LogP contribution in [0.25, 0.3) is 0 Å². The van der Waals surface area contributed by atoms with Crippen LogP contribution in [0.5, 0.6) is 0 Å². The minimum Gasteiger partial charge on any atom is -0.445 e. The fourth-order valence-corrected chi connectivity index (χ4v) is 3.31. The maximum Gasteiger partial charge on any atom is 0.408 e. The summed E-state index contributed by atoms with van der Waals surface area (Å²) in [6.45, 7) is 4.06. The van der Waals surface area contributed by atoms with Crippen molar-refractivity contribution in [3.63, 3.8) is 0 Å². The zero-order valence-electron chi connectivity index (χ0n) is 17.3. The molecule has 1 aromatic carbocycles. The SMILES string of the molecule is CC(C)C[C@H](NC(=O)OCc1ccc(F)cc1)C(=O)N[C@H](CO)C[C@@H]1CCNC1=O. The average molecular weight is 423 g/mol. The second kappa shape index (κ2) is 11.5. The number of hydrogen-bond donors (Lipinski definition) is 4. The van der Waals surface area contributed by atoms with E-state index in [0.717, 1.165) is 0 Å². The Morgan fingerprint density at radius 2 is 1.97 bits per heavy atom. The summed E-state index contributed by atoms with van der Waals surface area (Å²) in [5.74, 6) is -1.04. The van der Waals surface area contributed by atoms with Crippen molar-refractivity contribution in [2.75, 3.05) is 13.2 Å². The van der Waals surface area contributed by atoms with E-state index in [9.17, 15) is 23.9 Å². The van der Waals surface area contributed by atoms with E-state index >= 15 is 0 Å². The van der Waals surface area contributed by atoms with Gasteiger partial charge in [0.15, 0.2) is 0 Å². The maximum absolute atomic E-state index is 12.9. The molecule has 1 heterocycles. The van der Waals surface area contributed by atoms with Gasteiger partial charge in [0, 0.05) is 12.5 Å². The van der Waals surface area contributed by atoms with Crippen molar-refractivity contribution < 1.29 is 28.6 Å². The minimum absolute atomic E-state index is 0.0574. The van der Waals surface area contributed by atoms with Gasteiger partial charge in [-0.2, -0.15) is 0 Å². The highest BCUT2D eigenvalue weighted by molar-refractivity contribution is 5.86. The maximum atomic E-state index is 12.9. The first-order valence-electron chi connectivity index (χ1n) is 10.1. The number of carbonyl (C=O) groups is 3. The predicted molar refractivity (Wildman–Crippen MR) is 108 cm³/mol. The lowest BCUT2D eigenvalue weighted by Gasteiger charge is -2.24. The van der Waals surface area contributed by atoms with E-state index in [-0.39, 0.29) is 36.8 Å². The highest BCUT2D eigenvalue weighted by atomic mass is 19.1. The van der Waals surface area contributed by atoms with Gasteiger partial charge in [-0.15, -0.1) is 0 Å². The van der Waals surface area contributed by atoms with Crippen LogP contribution < -0.4 is 16.0 Å². The molecule has 0 radical (unpaired) electrons. The van der Waals surface area contributed by atoms with Gasteiger partial charge in [0.2, 0.25) is 11.8 Å². The summed E-state index contributed by atoms with van der Waals surface area (Å²) < 4.78 is 18.1. The van der Waals surface area contributed by atoms with Crippen molar-refractivity contribution in [2.45, 2.75) is 51.8 Å². The molecule has 2 rings (SSSR count). The summed E-state index contributed by atoms with van der Waals surface area (Å²) in [6, 6.07) is 4.11. The van der Waals surface area contributed by atoms with Crippen LogP contribution >= 0.6 is 0 Å². The van der Waals surface area contributed by atoms with Crippen molar-refractivity contribution in [3.05, 3.63) is 35.6 Å². The predicted octanol–water partition coefficient (Wildman–Crippen LogP) is 1.47. The highest BCUT2D eigenvalue weighted by Gasteiger charge is 2.30. The molecule has 1 aliphatic rings.